The van der Waals surface area contributed by atoms with E-state index in [1.54, 1.807) is 32.4 Å². The van der Waals surface area contributed by atoms with E-state index in [1.165, 1.54) is 16.9 Å². The van der Waals surface area contributed by atoms with Gasteiger partial charge in [0.25, 0.3) is 5.91 Å². The van der Waals surface area contributed by atoms with Crippen molar-refractivity contribution in [3.63, 3.8) is 0 Å². The number of hydrogen-bond acceptors (Lipinski definition) is 5. The molecular weight excluding hydrogens is 372 g/mol. The third-order valence-electron chi connectivity index (χ3n) is 4.76. The number of aromatic nitrogens is 1. The van der Waals surface area contributed by atoms with Crippen molar-refractivity contribution in [2.45, 2.75) is 26.2 Å². The van der Waals surface area contributed by atoms with Crippen molar-refractivity contribution in [2.24, 2.45) is 0 Å². The minimum absolute atomic E-state index is 0.242. The predicted molar refractivity (Wildman–Crippen MR) is 114 cm³/mol. The summed E-state index contributed by atoms with van der Waals surface area (Å²) in [6.07, 6.45) is 1.11. The number of nitrogens with one attached hydrogen (secondary N) is 1. The summed E-state index contributed by atoms with van der Waals surface area (Å²) in [4.78, 5) is 17.1. The van der Waals surface area contributed by atoms with Crippen LogP contribution in [0.4, 0.5) is 5.13 Å². The van der Waals surface area contributed by atoms with E-state index in [9.17, 15) is 4.79 Å². The fourth-order valence-electron chi connectivity index (χ4n) is 2.83. The largest absolute Gasteiger partial charge is 0.493 e. The average Bonchev–Trinajstić information content (AvgIpc) is 3.21. The Balaban J connectivity index is 1.73. The number of anilines is 1. The molecule has 1 aromatic heterocycles. The van der Waals surface area contributed by atoms with Gasteiger partial charge in [0.15, 0.2) is 16.6 Å². The second kappa shape index (κ2) is 8.89. The SMILES string of the molecule is CCC(C)c1ccc(-c2csc(NC(=O)c3ccc(OC)c(OC)c3)n2)cc1. The Morgan fingerprint density at radius 1 is 1.11 bits per heavy atom. The minimum atomic E-state index is -0.242. The van der Waals surface area contributed by atoms with Crippen molar-refractivity contribution in [2.75, 3.05) is 19.5 Å². The summed E-state index contributed by atoms with van der Waals surface area (Å²) in [6.45, 7) is 4.41. The smallest absolute Gasteiger partial charge is 0.257 e. The van der Waals surface area contributed by atoms with E-state index in [2.05, 4.69) is 48.4 Å². The van der Waals surface area contributed by atoms with Gasteiger partial charge in [-0.2, -0.15) is 0 Å². The zero-order valence-electron chi connectivity index (χ0n) is 16.5. The van der Waals surface area contributed by atoms with E-state index in [1.807, 2.05) is 5.38 Å². The maximum absolute atomic E-state index is 12.5. The van der Waals surface area contributed by atoms with Gasteiger partial charge in [-0.25, -0.2) is 4.98 Å². The van der Waals surface area contributed by atoms with Crippen LogP contribution in [-0.2, 0) is 0 Å². The van der Waals surface area contributed by atoms with Crippen molar-refractivity contribution in [1.29, 1.82) is 0 Å². The number of benzene rings is 2. The van der Waals surface area contributed by atoms with Gasteiger partial charge in [-0.1, -0.05) is 38.1 Å². The summed E-state index contributed by atoms with van der Waals surface area (Å²) < 4.78 is 10.5. The molecule has 0 fully saturated rings. The van der Waals surface area contributed by atoms with E-state index < -0.39 is 0 Å². The Labute approximate surface area is 169 Å². The molecule has 0 aliphatic carbocycles. The lowest BCUT2D eigenvalue weighted by atomic mass is 9.97. The van der Waals surface area contributed by atoms with Crippen LogP contribution in [0.1, 0.15) is 42.1 Å². The maximum Gasteiger partial charge on any atom is 0.257 e. The van der Waals surface area contributed by atoms with Crippen LogP contribution in [-0.4, -0.2) is 25.1 Å². The number of rotatable bonds is 7. The Morgan fingerprint density at radius 3 is 2.46 bits per heavy atom. The van der Waals surface area contributed by atoms with Gasteiger partial charge >= 0.3 is 0 Å². The van der Waals surface area contributed by atoms with Gasteiger partial charge in [0, 0.05) is 16.5 Å². The molecule has 1 atom stereocenters. The van der Waals surface area contributed by atoms with Crippen LogP contribution in [0.15, 0.2) is 47.8 Å². The van der Waals surface area contributed by atoms with Crippen LogP contribution in [0.3, 0.4) is 0 Å². The normalized spacial score (nSPS) is 11.7. The fraction of sp³-hybridized carbons (Fsp3) is 0.273. The van der Waals surface area contributed by atoms with Crippen molar-refractivity contribution in [1.82, 2.24) is 4.98 Å². The molecule has 3 rings (SSSR count). The third kappa shape index (κ3) is 4.34. The van der Waals surface area contributed by atoms with Crippen molar-refractivity contribution < 1.29 is 14.3 Å². The van der Waals surface area contributed by atoms with Gasteiger partial charge < -0.3 is 9.47 Å². The summed E-state index contributed by atoms with van der Waals surface area (Å²) in [5.74, 6) is 1.39. The zero-order chi connectivity index (χ0) is 20.1. The monoisotopic (exact) mass is 396 g/mol. The molecule has 0 spiro atoms. The van der Waals surface area contributed by atoms with Gasteiger partial charge in [-0.15, -0.1) is 11.3 Å². The molecule has 0 aliphatic rings. The van der Waals surface area contributed by atoms with Crippen LogP contribution >= 0.6 is 11.3 Å². The number of nitrogens with zero attached hydrogens (tertiary/aromatic N) is 1. The lowest BCUT2D eigenvalue weighted by Crippen LogP contribution is -2.12. The zero-order valence-corrected chi connectivity index (χ0v) is 17.3. The number of ether oxygens (including phenoxy) is 2. The Kier molecular flexibility index (Phi) is 6.31. The summed E-state index contributed by atoms with van der Waals surface area (Å²) >= 11 is 1.40. The summed E-state index contributed by atoms with van der Waals surface area (Å²) in [6, 6.07) is 13.5. The molecule has 28 heavy (non-hydrogen) atoms. The lowest BCUT2D eigenvalue weighted by molar-refractivity contribution is 0.102. The molecule has 1 amide bonds. The van der Waals surface area contributed by atoms with E-state index in [0.717, 1.165) is 17.7 Å². The first-order valence-corrected chi connectivity index (χ1v) is 10.0. The summed E-state index contributed by atoms with van der Waals surface area (Å²) in [5.41, 5.74) is 3.69. The number of methoxy groups -OCH3 is 2. The maximum atomic E-state index is 12.5. The molecule has 0 radical (unpaired) electrons. The molecule has 1 N–H and O–H groups in total. The molecule has 2 aromatic carbocycles. The molecule has 1 heterocycles. The molecule has 6 heteroatoms. The van der Waals surface area contributed by atoms with Gasteiger partial charge in [0.05, 0.1) is 19.9 Å². The minimum Gasteiger partial charge on any atom is -0.493 e. The molecule has 0 saturated carbocycles. The van der Waals surface area contributed by atoms with Crippen LogP contribution < -0.4 is 14.8 Å². The van der Waals surface area contributed by atoms with E-state index >= 15 is 0 Å². The van der Waals surface area contributed by atoms with E-state index in [4.69, 9.17) is 9.47 Å². The second-order valence-electron chi connectivity index (χ2n) is 6.49. The van der Waals surface area contributed by atoms with Crippen LogP contribution in [0, 0.1) is 0 Å². The standard InChI is InChI=1S/C22H24N2O3S/c1-5-14(2)15-6-8-16(9-7-15)18-13-28-22(23-18)24-21(25)17-10-11-19(26-3)20(12-17)27-4/h6-14H,5H2,1-4H3,(H,23,24,25). The molecule has 5 nitrogen and oxygen atoms in total. The number of hydrogen-bond donors (Lipinski definition) is 1. The van der Waals surface area contributed by atoms with Crippen LogP contribution in [0.2, 0.25) is 0 Å². The highest BCUT2D eigenvalue weighted by molar-refractivity contribution is 7.14. The first-order chi connectivity index (χ1) is 13.5. The average molecular weight is 397 g/mol. The molecule has 146 valence electrons. The van der Waals surface area contributed by atoms with Crippen molar-refractivity contribution in [3.8, 4) is 22.8 Å². The second-order valence-corrected chi connectivity index (χ2v) is 7.35. The first kappa shape index (κ1) is 19.9. The summed E-state index contributed by atoms with van der Waals surface area (Å²) in [7, 11) is 3.10. The molecular formula is C22H24N2O3S. The Bertz CT molecular complexity index is 951. The van der Waals surface area contributed by atoms with Crippen LogP contribution in [0.25, 0.3) is 11.3 Å². The molecule has 1 unspecified atom stereocenters. The first-order valence-electron chi connectivity index (χ1n) is 9.15. The number of thiazole rings is 1. The highest BCUT2D eigenvalue weighted by Crippen LogP contribution is 2.29. The number of carbonyl (C=O) groups is 1. The third-order valence-corrected chi connectivity index (χ3v) is 5.52. The Morgan fingerprint density at radius 2 is 1.82 bits per heavy atom. The van der Waals surface area contributed by atoms with Gasteiger partial charge in [0.2, 0.25) is 0 Å². The lowest BCUT2D eigenvalue weighted by Gasteiger charge is -2.09. The summed E-state index contributed by atoms with van der Waals surface area (Å²) in [5, 5.41) is 5.35. The van der Waals surface area contributed by atoms with Crippen molar-refractivity contribution >= 4 is 22.4 Å². The Hall–Kier alpha value is -2.86. The van der Waals surface area contributed by atoms with E-state index in [-0.39, 0.29) is 5.91 Å². The highest BCUT2D eigenvalue weighted by atomic mass is 32.1. The highest BCUT2D eigenvalue weighted by Gasteiger charge is 2.13. The van der Waals surface area contributed by atoms with E-state index in [0.29, 0.717) is 28.1 Å². The van der Waals surface area contributed by atoms with Gasteiger partial charge in [-0.05, 0) is 36.1 Å². The fourth-order valence-corrected chi connectivity index (χ4v) is 3.54. The molecule has 0 bridgehead atoms. The van der Waals surface area contributed by atoms with Crippen molar-refractivity contribution in [3.05, 3.63) is 59.0 Å². The molecule has 0 saturated heterocycles. The number of amides is 1. The predicted octanol–water partition coefficient (Wildman–Crippen LogP) is 5.59. The quantitative estimate of drug-likeness (QED) is 0.565. The topological polar surface area (TPSA) is 60.5 Å². The van der Waals surface area contributed by atoms with Crippen LogP contribution in [0.5, 0.6) is 11.5 Å². The molecule has 0 aliphatic heterocycles. The van der Waals surface area contributed by atoms with Gasteiger partial charge in [0.1, 0.15) is 0 Å². The number of carbonyl (C=O) groups excluding carboxylic acids is 1. The molecule has 3 aromatic rings. The van der Waals surface area contributed by atoms with Gasteiger partial charge in [-0.3, -0.25) is 10.1 Å².